The molecule has 0 aliphatic heterocycles. The number of thioether (sulfide) groups is 1. The molecule has 0 radical (unpaired) electrons. The number of carbonyl (C=O) groups excluding carboxylic acids is 1. The lowest BCUT2D eigenvalue weighted by Gasteiger charge is -2.21. The van der Waals surface area contributed by atoms with Crippen LogP contribution in [0.4, 0.5) is 0 Å². The van der Waals surface area contributed by atoms with Gasteiger partial charge in [0.1, 0.15) is 0 Å². The first kappa shape index (κ1) is 30.0. The van der Waals surface area contributed by atoms with Crippen molar-refractivity contribution in [1.82, 2.24) is 4.98 Å². The minimum Gasteiger partial charge on any atom is -0.465 e. The van der Waals surface area contributed by atoms with Crippen LogP contribution in [0.5, 0.6) is 0 Å². The van der Waals surface area contributed by atoms with Crippen LogP contribution in [0.25, 0.3) is 11.1 Å². The topological polar surface area (TPSA) is 65.2 Å². The summed E-state index contributed by atoms with van der Waals surface area (Å²) in [6.07, 6.45) is 0.904. The van der Waals surface area contributed by atoms with Crippen LogP contribution >= 0.6 is 36.6 Å². The zero-order valence-corrected chi connectivity index (χ0v) is 22.8. The fraction of sp³-hybridized carbons (Fsp3) is 0.333. The predicted molar refractivity (Wildman–Crippen MR) is 147 cm³/mol. The van der Waals surface area contributed by atoms with Gasteiger partial charge in [-0.1, -0.05) is 49.7 Å². The number of rotatable bonds is 8. The third-order valence-electron chi connectivity index (χ3n) is 5.48. The van der Waals surface area contributed by atoms with E-state index < -0.39 is 0 Å². The zero-order valence-electron chi connectivity index (χ0n) is 20.4. The van der Waals surface area contributed by atoms with Gasteiger partial charge < -0.3 is 10.5 Å². The van der Waals surface area contributed by atoms with E-state index in [9.17, 15) is 4.79 Å². The Bertz CT molecular complexity index is 1100. The molecule has 34 heavy (non-hydrogen) atoms. The van der Waals surface area contributed by atoms with E-state index in [1.54, 1.807) is 17.8 Å². The van der Waals surface area contributed by atoms with Gasteiger partial charge in [0.25, 0.3) is 0 Å². The minimum absolute atomic E-state index is 0. The van der Waals surface area contributed by atoms with Crippen molar-refractivity contribution in [3.8, 4) is 11.1 Å². The Morgan fingerprint density at radius 2 is 1.74 bits per heavy atom. The molecule has 2 aromatic carbocycles. The average molecular weight is 522 g/mol. The molecule has 0 unspecified atom stereocenters. The second-order valence-electron chi connectivity index (χ2n) is 8.45. The van der Waals surface area contributed by atoms with Gasteiger partial charge in [-0.15, -0.1) is 36.6 Å². The number of carbonyl (C=O) groups is 1. The Labute approximate surface area is 219 Å². The van der Waals surface area contributed by atoms with Gasteiger partial charge in [-0.05, 0) is 66.6 Å². The van der Waals surface area contributed by atoms with Crippen molar-refractivity contribution >= 4 is 42.5 Å². The Hall–Kier alpha value is -2.05. The summed E-state index contributed by atoms with van der Waals surface area (Å²) in [5.74, 6) is 0.912. The van der Waals surface area contributed by atoms with Gasteiger partial charge in [-0.3, -0.25) is 4.98 Å². The summed E-state index contributed by atoms with van der Waals surface area (Å²) in [5.41, 5.74) is 14.9. The fourth-order valence-corrected chi connectivity index (χ4v) is 4.90. The molecule has 7 heteroatoms. The highest BCUT2D eigenvalue weighted by atomic mass is 35.5. The van der Waals surface area contributed by atoms with Crippen molar-refractivity contribution in [2.24, 2.45) is 11.7 Å². The normalized spacial score (nSPS) is 10.4. The van der Waals surface area contributed by atoms with E-state index >= 15 is 0 Å². The number of hydrogen-bond donors (Lipinski definition) is 1. The first-order chi connectivity index (χ1) is 15.3. The first-order valence-corrected chi connectivity index (χ1v) is 11.9. The van der Waals surface area contributed by atoms with E-state index in [0.717, 1.165) is 34.0 Å². The molecule has 0 amide bonds. The Morgan fingerprint density at radius 1 is 1.06 bits per heavy atom. The smallest absolute Gasteiger partial charge is 0.337 e. The van der Waals surface area contributed by atoms with Crippen LogP contribution in [0.2, 0.25) is 0 Å². The Morgan fingerprint density at radius 3 is 2.32 bits per heavy atom. The minimum atomic E-state index is -0.325. The van der Waals surface area contributed by atoms with Gasteiger partial charge >= 0.3 is 5.97 Å². The van der Waals surface area contributed by atoms with Crippen LogP contribution in [0.3, 0.4) is 0 Å². The van der Waals surface area contributed by atoms with E-state index in [1.807, 2.05) is 18.2 Å². The number of nitrogens with two attached hydrogens (primary N) is 1. The predicted octanol–water partition coefficient (Wildman–Crippen LogP) is 6.95. The summed E-state index contributed by atoms with van der Waals surface area (Å²) in [7, 11) is 1.40. The number of methoxy groups -OCH3 is 1. The molecular formula is C27H34Cl2N2O2S. The maximum Gasteiger partial charge on any atom is 0.337 e. The Kier molecular flexibility index (Phi) is 12.1. The molecule has 0 aliphatic rings. The van der Waals surface area contributed by atoms with Crippen molar-refractivity contribution in [2.45, 2.75) is 51.3 Å². The molecule has 0 saturated heterocycles. The third-order valence-corrected chi connectivity index (χ3v) is 6.50. The zero-order chi connectivity index (χ0) is 23.3. The average Bonchev–Trinajstić information content (AvgIpc) is 2.78. The molecule has 3 rings (SSSR count). The molecule has 1 aromatic heterocycles. The summed E-state index contributed by atoms with van der Waals surface area (Å²) in [6, 6.07) is 16.2. The highest BCUT2D eigenvalue weighted by molar-refractivity contribution is 7.98. The summed E-state index contributed by atoms with van der Waals surface area (Å²) < 4.78 is 4.86. The lowest BCUT2D eigenvalue weighted by molar-refractivity contribution is 0.0600. The van der Waals surface area contributed by atoms with Crippen LogP contribution in [-0.4, -0.2) is 18.1 Å². The Balaban J connectivity index is 0.00000289. The monoisotopic (exact) mass is 520 g/mol. The summed E-state index contributed by atoms with van der Waals surface area (Å²) in [6.45, 7) is 9.05. The van der Waals surface area contributed by atoms with E-state index in [0.29, 0.717) is 18.0 Å². The highest BCUT2D eigenvalue weighted by Gasteiger charge is 2.19. The number of pyridine rings is 1. The number of nitrogens with zero attached hydrogens (tertiary/aromatic N) is 1. The van der Waals surface area contributed by atoms with E-state index in [4.69, 9.17) is 15.5 Å². The second kappa shape index (κ2) is 13.7. The maximum absolute atomic E-state index is 11.9. The molecule has 0 bridgehead atoms. The molecule has 0 fully saturated rings. The molecule has 4 nitrogen and oxygen atoms in total. The highest BCUT2D eigenvalue weighted by Crippen LogP contribution is 2.36. The van der Waals surface area contributed by atoms with E-state index in [-0.39, 0.29) is 30.8 Å². The molecule has 0 spiro atoms. The number of aryl methyl sites for hydroxylation is 2. The van der Waals surface area contributed by atoms with Gasteiger partial charge in [0.05, 0.1) is 12.7 Å². The molecular weight excluding hydrogens is 487 g/mol. The number of esters is 1. The van der Waals surface area contributed by atoms with Crippen molar-refractivity contribution in [3.63, 3.8) is 0 Å². The largest absolute Gasteiger partial charge is 0.465 e. The van der Waals surface area contributed by atoms with Crippen LogP contribution in [-0.2, 0) is 23.5 Å². The second-order valence-corrected chi connectivity index (χ2v) is 9.50. The standard InChI is InChI=1S/C27H32N2O2S.2ClH/c1-17(2)13-25-23(15-28)26(20-11-9-18(3)10-12-20)24(19(4)29-25)16-32-22-8-6-7-21(14-22)27(30)31-5;;/h6-12,14,17H,13,15-16,28H2,1-5H3;2*1H. The number of halogens is 2. The summed E-state index contributed by atoms with van der Waals surface area (Å²) >= 11 is 1.69. The molecule has 0 saturated carbocycles. The quantitative estimate of drug-likeness (QED) is 0.257. The molecule has 1 heterocycles. The molecule has 0 atom stereocenters. The lowest BCUT2D eigenvalue weighted by Crippen LogP contribution is -2.13. The van der Waals surface area contributed by atoms with Crippen molar-refractivity contribution < 1.29 is 9.53 Å². The number of ether oxygens (including phenoxy) is 1. The van der Waals surface area contributed by atoms with E-state index in [2.05, 4.69) is 52.0 Å². The van der Waals surface area contributed by atoms with Crippen molar-refractivity contribution in [3.05, 3.63) is 82.2 Å². The van der Waals surface area contributed by atoms with Gasteiger partial charge in [0, 0.05) is 28.6 Å². The van der Waals surface area contributed by atoms with Gasteiger partial charge in [-0.2, -0.15) is 0 Å². The van der Waals surface area contributed by atoms with Gasteiger partial charge in [-0.25, -0.2) is 4.79 Å². The van der Waals surface area contributed by atoms with Gasteiger partial charge in [0.2, 0.25) is 0 Å². The molecule has 2 N–H and O–H groups in total. The number of aromatic nitrogens is 1. The maximum atomic E-state index is 11.9. The van der Waals surface area contributed by atoms with Crippen LogP contribution in [0, 0.1) is 19.8 Å². The lowest BCUT2D eigenvalue weighted by atomic mass is 9.90. The number of hydrogen-bond acceptors (Lipinski definition) is 5. The van der Waals surface area contributed by atoms with Crippen molar-refractivity contribution in [2.75, 3.05) is 7.11 Å². The summed E-state index contributed by atoms with van der Waals surface area (Å²) in [4.78, 5) is 17.9. The molecule has 184 valence electrons. The SMILES string of the molecule is COC(=O)c1cccc(SCc2c(C)nc(CC(C)C)c(CN)c2-c2ccc(C)cc2)c1.Cl.Cl. The third kappa shape index (κ3) is 7.22. The summed E-state index contributed by atoms with van der Waals surface area (Å²) in [5, 5.41) is 0. The molecule has 3 aromatic rings. The first-order valence-electron chi connectivity index (χ1n) is 10.9. The number of benzene rings is 2. The fourth-order valence-electron chi connectivity index (χ4n) is 3.85. The van der Waals surface area contributed by atoms with Crippen molar-refractivity contribution in [1.29, 1.82) is 0 Å². The van der Waals surface area contributed by atoms with E-state index in [1.165, 1.54) is 29.4 Å². The van der Waals surface area contributed by atoms with Crippen LogP contribution < -0.4 is 5.73 Å². The van der Waals surface area contributed by atoms with Crippen LogP contribution in [0.1, 0.15) is 52.3 Å². The van der Waals surface area contributed by atoms with Gasteiger partial charge in [0.15, 0.2) is 0 Å². The van der Waals surface area contributed by atoms with Crippen LogP contribution in [0.15, 0.2) is 53.4 Å². The molecule has 0 aliphatic carbocycles.